The largest absolute Gasteiger partial charge is 0.370 e. The van der Waals surface area contributed by atoms with Crippen LogP contribution in [-0.4, -0.2) is 5.91 Å². The van der Waals surface area contributed by atoms with E-state index in [2.05, 4.69) is 71.9 Å². The molecule has 2 N–H and O–H groups in total. The topological polar surface area (TPSA) is 43.1 Å². The third-order valence-corrected chi connectivity index (χ3v) is 5.07. The highest BCUT2D eigenvalue weighted by atomic mass is 16.1. The van der Waals surface area contributed by atoms with Gasteiger partial charge in [-0.3, -0.25) is 4.79 Å². The molecule has 0 rings (SSSR count). The van der Waals surface area contributed by atoms with E-state index < -0.39 is 0 Å². The van der Waals surface area contributed by atoms with Crippen LogP contribution in [0.2, 0.25) is 0 Å². The van der Waals surface area contributed by atoms with Crippen LogP contribution in [0.1, 0.15) is 106 Å². The van der Waals surface area contributed by atoms with Gasteiger partial charge in [0.2, 0.25) is 5.91 Å². The van der Waals surface area contributed by atoms with Crippen LogP contribution in [0.3, 0.4) is 0 Å². The zero-order valence-corrected chi connectivity index (χ0v) is 19.9. The van der Waals surface area contributed by atoms with Crippen molar-refractivity contribution in [3.05, 3.63) is 58.2 Å². The first-order valence-corrected chi connectivity index (χ1v) is 11.2. The fourth-order valence-corrected chi connectivity index (χ4v) is 3.07. The molecular weight excluding hydrogens is 354 g/mol. The number of carbonyl (C=O) groups is 1. The summed E-state index contributed by atoms with van der Waals surface area (Å²) >= 11 is 0. The summed E-state index contributed by atoms with van der Waals surface area (Å²) in [6.45, 7) is 13.1. The quantitative estimate of drug-likeness (QED) is 0.219. The van der Waals surface area contributed by atoms with E-state index in [-0.39, 0.29) is 5.91 Å². The minimum atomic E-state index is -0.220. The van der Waals surface area contributed by atoms with Crippen molar-refractivity contribution < 1.29 is 4.79 Å². The molecule has 0 aromatic carbocycles. The lowest BCUT2D eigenvalue weighted by Crippen LogP contribution is -2.09. The van der Waals surface area contributed by atoms with E-state index in [1.807, 2.05) is 0 Å². The molecule has 1 amide bonds. The summed E-state index contributed by atoms with van der Waals surface area (Å²) in [4.78, 5) is 10.8. The highest BCUT2D eigenvalue weighted by Gasteiger charge is 1.96. The van der Waals surface area contributed by atoms with E-state index >= 15 is 0 Å². The van der Waals surface area contributed by atoms with Crippen molar-refractivity contribution in [3.63, 3.8) is 0 Å². The molecule has 2 nitrogen and oxygen atoms in total. The molecular formula is C27H45NO. The molecule has 0 saturated heterocycles. The van der Waals surface area contributed by atoms with Crippen LogP contribution >= 0.6 is 0 Å². The number of hydrogen-bond acceptors (Lipinski definition) is 1. The molecule has 0 spiro atoms. The maximum Gasteiger partial charge on any atom is 0.217 e. The first kappa shape index (κ1) is 27.2. The highest BCUT2D eigenvalue weighted by Crippen LogP contribution is 2.14. The van der Waals surface area contributed by atoms with Gasteiger partial charge in [-0.05, 0) is 99.3 Å². The van der Waals surface area contributed by atoms with Gasteiger partial charge >= 0.3 is 0 Å². The Bertz CT molecular complexity index is 625. The van der Waals surface area contributed by atoms with Gasteiger partial charge in [-0.1, -0.05) is 58.2 Å². The van der Waals surface area contributed by atoms with Gasteiger partial charge in [0.15, 0.2) is 0 Å². The summed E-state index contributed by atoms with van der Waals surface area (Å²) in [7, 11) is 0. The molecule has 0 radical (unpaired) electrons. The fraction of sp³-hybridized carbons (Fsp3) is 0.593. The first-order chi connectivity index (χ1) is 13.7. The van der Waals surface area contributed by atoms with E-state index in [0.29, 0.717) is 6.42 Å². The minimum Gasteiger partial charge on any atom is -0.370 e. The Morgan fingerprint density at radius 1 is 0.517 bits per heavy atom. The molecule has 0 aliphatic rings. The molecule has 0 heterocycles. The van der Waals surface area contributed by atoms with Crippen LogP contribution < -0.4 is 5.73 Å². The van der Waals surface area contributed by atoms with Crippen molar-refractivity contribution in [2.75, 3.05) is 0 Å². The lowest BCUT2D eigenvalue weighted by atomic mass is 10.0. The van der Waals surface area contributed by atoms with Crippen LogP contribution in [0.15, 0.2) is 58.2 Å². The molecule has 0 aliphatic heterocycles. The molecule has 0 saturated carbocycles. The van der Waals surface area contributed by atoms with E-state index in [1.54, 1.807) is 0 Å². The molecule has 0 atom stereocenters. The van der Waals surface area contributed by atoms with Crippen molar-refractivity contribution in [2.24, 2.45) is 5.73 Å². The predicted octanol–water partition coefficient (Wildman–Crippen LogP) is 8.12. The third-order valence-electron chi connectivity index (χ3n) is 5.07. The lowest BCUT2D eigenvalue weighted by Gasteiger charge is -2.02. The molecule has 29 heavy (non-hydrogen) atoms. The number of carbonyl (C=O) groups excluding carboxylic acids is 1. The van der Waals surface area contributed by atoms with Gasteiger partial charge in [0.1, 0.15) is 0 Å². The Morgan fingerprint density at radius 3 is 1.24 bits per heavy atom. The fourth-order valence-electron chi connectivity index (χ4n) is 3.07. The van der Waals surface area contributed by atoms with E-state index in [4.69, 9.17) is 5.73 Å². The van der Waals surface area contributed by atoms with Crippen molar-refractivity contribution >= 4 is 5.91 Å². The van der Waals surface area contributed by atoms with Gasteiger partial charge in [-0.25, -0.2) is 0 Å². The standard InChI is InChI=1S/C27H45NO/c1-22(2)12-9-15-25(5)18-10-16-23(3)13-7-8-14-24(4)17-11-19-26(6)20-21-27(28)29/h12-14,18-19H,7-11,15-17,20-21H2,1-6H3,(H2,28,29)/b23-13+,24-14+,25-18+,26-19?. The Balaban J connectivity index is 4.04. The van der Waals surface area contributed by atoms with E-state index in [0.717, 1.165) is 51.4 Å². The summed E-state index contributed by atoms with van der Waals surface area (Å²) in [5.41, 5.74) is 12.3. The second kappa shape index (κ2) is 17.1. The summed E-state index contributed by atoms with van der Waals surface area (Å²) in [5.74, 6) is -0.220. The number of hydrogen-bond donors (Lipinski definition) is 1. The zero-order valence-electron chi connectivity index (χ0n) is 19.9. The van der Waals surface area contributed by atoms with E-state index in [9.17, 15) is 4.79 Å². The SMILES string of the molecule is CC(C)=CCC/C(C)=C/CC/C(C)=C/CC/C=C(\C)CCC=C(C)CCC(N)=O. The lowest BCUT2D eigenvalue weighted by molar-refractivity contribution is -0.117. The van der Waals surface area contributed by atoms with Crippen molar-refractivity contribution in [2.45, 2.75) is 106 Å². The summed E-state index contributed by atoms with van der Waals surface area (Å²) in [6.07, 6.45) is 22.0. The number of allylic oxidation sites excluding steroid dienone is 10. The van der Waals surface area contributed by atoms with Crippen LogP contribution in [-0.2, 0) is 4.79 Å². The summed E-state index contributed by atoms with van der Waals surface area (Å²) in [5, 5.41) is 0. The van der Waals surface area contributed by atoms with Crippen molar-refractivity contribution in [1.82, 2.24) is 0 Å². The molecule has 0 aliphatic carbocycles. The van der Waals surface area contributed by atoms with Crippen LogP contribution in [0.5, 0.6) is 0 Å². The van der Waals surface area contributed by atoms with Gasteiger partial charge in [0.25, 0.3) is 0 Å². The Morgan fingerprint density at radius 2 is 0.862 bits per heavy atom. The van der Waals surface area contributed by atoms with Gasteiger partial charge in [0.05, 0.1) is 0 Å². The molecule has 0 unspecified atom stereocenters. The second-order valence-electron chi connectivity index (χ2n) is 8.64. The average Bonchev–Trinajstić information content (AvgIpc) is 2.63. The van der Waals surface area contributed by atoms with Crippen molar-refractivity contribution in [1.29, 1.82) is 0 Å². The second-order valence-corrected chi connectivity index (χ2v) is 8.64. The number of amides is 1. The third kappa shape index (κ3) is 19.3. The molecule has 0 bridgehead atoms. The van der Waals surface area contributed by atoms with Gasteiger partial charge < -0.3 is 5.73 Å². The molecule has 164 valence electrons. The average molecular weight is 400 g/mol. The first-order valence-electron chi connectivity index (χ1n) is 11.2. The molecule has 0 aromatic heterocycles. The van der Waals surface area contributed by atoms with Crippen LogP contribution in [0.4, 0.5) is 0 Å². The van der Waals surface area contributed by atoms with Gasteiger partial charge in [-0.2, -0.15) is 0 Å². The molecule has 2 heteroatoms. The normalized spacial score (nSPS) is 13.6. The van der Waals surface area contributed by atoms with Gasteiger partial charge in [-0.15, -0.1) is 0 Å². The summed E-state index contributed by atoms with van der Waals surface area (Å²) < 4.78 is 0. The minimum absolute atomic E-state index is 0.220. The summed E-state index contributed by atoms with van der Waals surface area (Å²) in [6, 6.07) is 0. The van der Waals surface area contributed by atoms with E-state index in [1.165, 1.54) is 34.3 Å². The maximum absolute atomic E-state index is 10.8. The number of nitrogens with two attached hydrogens (primary N) is 1. The maximum atomic E-state index is 10.8. The van der Waals surface area contributed by atoms with Crippen LogP contribution in [0, 0.1) is 0 Å². The Hall–Kier alpha value is -1.83. The monoisotopic (exact) mass is 399 g/mol. The zero-order chi connectivity index (χ0) is 22.1. The predicted molar refractivity (Wildman–Crippen MR) is 130 cm³/mol. The van der Waals surface area contributed by atoms with Crippen LogP contribution in [0.25, 0.3) is 0 Å². The van der Waals surface area contributed by atoms with Gasteiger partial charge in [0, 0.05) is 6.42 Å². The Labute approximate surface area is 180 Å². The number of primary amides is 1. The van der Waals surface area contributed by atoms with Crippen molar-refractivity contribution in [3.8, 4) is 0 Å². The highest BCUT2D eigenvalue weighted by molar-refractivity contribution is 5.73. The smallest absolute Gasteiger partial charge is 0.217 e. The number of rotatable bonds is 15. The number of unbranched alkanes of at least 4 members (excludes halogenated alkanes) is 1. The molecule has 0 aromatic rings. The molecule has 0 fully saturated rings. The Kier molecular flexibility index (Phi) is 16.0.